The van der Waals surface area contributed by atoms with Gasteiger partial charge in [-0.2, -0.15) is 0 Å². The Morgan fingerprint density at radius 1 is 1.07 bits per heavy atom. The zero-order valence-corrected chi connectivity index (χ0v) is 17.6. The quantitative estimate of drug-likeness (QED) is 0.611. The number of nitrogens with two attached hydrogens (primary N) is 1. The van der Waals surface area contributed by atoms with Crippen LogP contribution in [0.2, 0.25) is 0 Å². The van der Waals surface area contributed by atoms with Gasteiger partial charge in [-0.15, -0.1) is 0 Å². The summed E-state index contributed by atoms with van der Waals surface area (Å²) in [5.41, 5.74) is 10.1. The van der Waals surface area contributed by atoms with E-state index in [0.29, 0.717) is 28.6 Å². The molecule has 3 aromatic rings. The van der Waals surface area contributed by atoms with E-state index in [0.717, 1.165) is 22.3 Å². The molecule has 1 aromatic heterocycles. The average molecular weight is 411 g/mol. The molecule has 8 nitrogen and oxygen atoms in total. The second kappa shape index (κ2) is 8.87. The molecule has 1 amide bonds. The van der Waals surface area contributed by atoms with Gasteiger partial charge in [-0.3, -0.25) is 4.79 Å². The highest BCUT2D eigenvalue weighted by molar-refractivity contribution is 5.96. The van der Waals surface area contributed by atoms with Crippen molar-refractivity contribution in [3.05, 3.63) is 42.2 Å². The first kappa shape index (κ1) is 21.2. The largest absolute Gasteiger partial charge is 0.495 e. The molecule has 0 radical (unpaired) electrons. The second-order valence-corrected chi connectivity index (χ2v) is 6.80. The van der Waals surface area contributed by atoms with Gasteiger partial charge in [0.2, 0.25) is 5.91 Å². The van der Waals surface area contributed by atoms with Crippen LogP contribution in [0, 0.1) is 6.92 Å². The van der Waals surface area contributed by atoms with E-state index in [1.807, 2.05) is 25.1 Å². The molecule has 0 bridgehead atoms. The molecule has 0 saturated heterocycles. The van der Waals surface area contributed by atoms with Crippen LogP contribution in [0.15, 0.2) is 41.1 Å². The molecule has 0 spiro atoms. The summed E-state index contributed by atoms with van der Waals surface area (Å²) >= 11 is 0. The monoisotopic (exact) mass is 411 g/mol. The summed E-state index contributed by atoms with van der Waals surface area (Å²) in [4.78, 5) is 12.1. The normalized spacial score (nSPS) is 11.7. The number of aromatic nitrogens is 1. The molecule has 158 valence electrons. The number of benzene rings is 2. The van der Waals surface area contributed by atoms with Crippen LogP contribution < -0.4 is 25.3 Å². The maximum absolute atomic E-state index is 12.1. The fourth-order valence-corrected chi connectivity index (χ4v) is 3.16. The number of rotatable bonds is 7. The van der Waals surface area contributed by atoms with Gasteiger partial charge in [0.05, 0.1) is 33.1 Å². The minimum absolute atomic E-state index is 0.313. The number of methoxy groups -OCH3 is 3. The molecule has 1 unspecified atom stereocenters. The second-order valence-electron chi connectivity index (χ2n) is 6.80. The molecule has 0 aliphatic rings. The summed E-state index contributed by atoms with van der Waals surface area (Å²) in [7, 11) is 4.72. The number of carbonyl (C=O) groups excluding carboxylic acids is 1. The molecule has 2 aromatic carbocycles. The summed E-state index contributed by atoms with van der Waals surface area (Å²) in [5, 5.41) is 6.97. The lowest BCUT2D eigenvalue weighted by Gasteiger charge is -2.14. The van der Waals surface area contributed by atoms with Gasteiger partial charge in [0.25, 0.3) is 0 Å². The van der Waals surface area contributed by atoms with E-state index in [-0.39, 0.29) is 5.91 Å². The van der Waals surface area contributed by atoms with E-state index >= 15 is 0 Å². The van der Waals surface area contributed by atoms with E-state index in [1.165, 1.54) is 7.11 Å². The number of hydrogen-bond donors (Lipinski definition) is 2. The molecular formula is C22H25N3O5. The van der Waals surface area contributed by atoms with Crippen LogP contribution >= 0.6 is 0 Å². The summed E-state index contributed by atoms with van der Waals surface area (Å²) in [5.74, 6) is 1.47. The minimum atomic E-state index is -0.653. The van der Waals surface area contributed by atoms with Crippen molar-refractivity contribution in [1.82, 2.24) is 5.16 Å². The predicted octanol–water partition coefficient (Wildman–Crippen LogP) is 3.63. The first-order valence-corrected chi connectivity index (χ1v) is 9.31. The molecule has 3 rings (SSSR count). The van der Waals surface area contributed by atoms with Crippen LogP contribution in [-0.2, 0) is 4.79 Å². The number of nitrogens with zero attached hydrogens (tertiary/aromatic N) is 1. The summed E-state index contributed by atoms with van der Waals surface area (Å²) in [6.45, 7) is 3.54. The number of aryl methyl sites for hydroxylation is 1. The van der Waals surface area contributed by atoms with Gasteiger partial charge >= 0.3 is 0 Å². The smallest absolute Gasteiger partial charge is 0.241 e. The first-order chi connectivity index (χ1) is 14.4. The molecule has 1 heterocycles. The number of hydrogen-bond acceptors (Lipinski definition) is 7. The number of nitrogens with one attached hydrogen (secondary N) is 1. The number of ether oxygens (including phenoxy) is 3. The third-order valence-corrected chi connectivity index (χ3v) is 4.69. The van der Waals surface area contributed by atoms with Crippen LogP contribution in [0.1, 0.15) is 12.5 Å². The highest BCUT2D eigenvalue weighted by atomic mass is 16.5. The van der Waals surface area contributed by atoms with Gasteiger partial charge in [-0.1, -0.05) is 11.2 Å². The lowest BCUT2D eigenvalue weighted by molar-refractivity contribution is -0.117. The molecule has 30 heavy (non-hydrogen) atoms. The predicted molar refractivity (Wildman–Crippen MR) is 114 cm³/mol. The Morgan fingerprint density at radius 3 is 2.43 bits per heavy atom. The molecule has 3 N–H and O–H groups in total. The first-order valence-electron chi connectivity index (χ1n) is 9.31. The third-order valence-electron chi connectivity index (χ3n) is 4.69. The zero-order valence-electron chi connectivity index (χ0n) is 17.6. The van der Waals surface area contributed by atoms with E-state index in [1.54, 1.807) is 39.5 Å². The molecule has 0 fully saturated rings. The Bertz CT molecular complexity index is 1060. The maximum atomic E-state index is 12.1. The average Bonchev–Trinajstić information content (AvgIpc) is 3.22. The van der Waals surface area contributed by atoms with Gasteiger partial charge in [0.1, 0.15) is 17.7 Å². The summed E-state index contributed by atoms with van der Waals surface area (Å²) in [6.07, 6.45) is 1.56. The lowest BCUT2D eigenvalue weighted by atomic mass is 9.99. The highest BCUT2D eigenvalue weighted by Crippen LogP contribution is 2.40. The van der Waals surface area contributed by atoms with Crippen molar-refractivity contribution >= 4 is 11.6 Å². The van der Waals surface area contributed by atoms with E-state index in [4.69, 9.17) is 24.5 Å². The summed E-state index contributed by atoms with van der Waals surface area (Å²) < 4.78 is 21.5. The highest BCUT2D eigenvalue weighted by Gasteiger charge is 2.19. The van der Waals surface area contributed by atoms with Crippen molar-refractivity contribution in [2.24, 2.45) is 5.73 Å². The van der Waals surface area contributed by atoms with Crippen molar-refractivity contribution in [3.8, 4) is 39.6 Å². The molecule has 0 aliphatic heterocycles. The Hall–Kier alpha value is -3.52. The Morgan fingerprint density at radius 2 is 1.80 bits per heavy atom. The number of anilines is 1. The number of carbonyl (C=O) groups is 1. The molecular weight excluding hydrogens is 386 g/mol. The maximum Gasteiger partial charge on any atom is 0.241 e. The molecule has 0 saturated carbocycles. The molecule has 8 heteroatoms. The van der Waals surface area contributed by atoms with Crippen molar-refractivity contribution in [3.63, 3.8) is 0 Å². The van der Waals surface area contributed by atoms with Crippen LogP contribution in [0.5, 0.6) is 17.2 Å². The molecule has 1 atom stereocenters. The van der Waals surface area contributed by atoms with E-state index in [9.17, 15) is 4.79 Å². The third kappa shape index (κ3) is 4.08. The van der Waals surface area contributed by atoms with Crippen molar-refractivity contribution < 1.29 is 23.5 Å². The van der Waals surface area contributed by atoms with Crippen LogP contribution in [0.3, 0.4) is 0 Å². The van der Waals surface area contributed by atoms with Crippen molar-refractivity contribution in [1.29, 1.82) is 0 Å². The van der Waals surface area contributed by atoms with Gasteiger partial charge < -0.3 is 29.8 Å². The van der Waals surface area contributed by atoms with Crippen LogP contribution in [-0.4, -0.2) is 38.4 Å². The summed E-state index contributed by atoms with van der Waals surface area (Å²) in [6, 6.07) is 8.56. The topological polar surface area (TPSA) is 109 Å². The number of amides is 1. The SMILES string of the molecule is COc1ccc(-c2conc2-c2cc(C)c(OC)c(OC)c2)cc1NC(=O)C(C)N. The fraction of sp³-hybridized carbons (Fsp3) is 0.273. The van der Waals surface area contributed by atoms with E-state index < -0.39 is 6.04 Å². The Kier molecular flexibility index (Phi) is 6.27. The Balaban J connectivity index is 2.07. The van der Waals surface area contributed by atoms with Gasteiger partial charge in [0, 0.05) is 11.1 Å². The Labute approximate surface area is 174 Å². The lowest BCUT2D eigenvalue weighted by Crippen LogP contribution is -2.32. The minimum Gasteiger partial charge on any atom is -0.495 e. The van der Waals surface area contributed by atoms with Crippen molar-refractivity contribution in [2.45, 2.75) is 19.9 Å². The zero-order chi connectivity index (χ0) is 21.8. The van der Waals surface area contributed by atoms with Gasteiger partial charge in [0.15, 0.2) is 11.5 Å². The van der Waals surface area contributed by atoms with Gasteiger partial charge in [-0.25, -0.2) is 0 Å². The van der Waals surface area contributed by atoms with Gasteiger partial charge in [-0.05, 0) is 49.2 Å². The molecule has 0 aliphatic carbocycles. The van der Waals surface area contributed by atoms with Crippen LogP contribution in [0.25, 0.3) is 22.4 Å². The standard InChI is InChI=1S/C22H25N3O5/c1-12-8-15(10-19(28-4)21(12)29-5)20-16(11-30-25-20)14-6-7-18(27-3)17(9-14)24-22(26)13(2)23/h6-11,13H,23H2,1-5H3,(H,24,26). The van der Waals surface area contributed by atoms with Crippen molar-refractivity contribution in [2.75, 3.05) is 26.6 Å². The van der Waals surface area contributed by atoms with E-state index in [2.05, 4.69) is 10.5 Å². The van der Waals surface area contributed by atoms with Crippen LogP contribution in [0.4, 0.5) is 5.69 Å². The fourth-order valence-electron chi connectivity index (χ4n) is 3.16.